The lowest BCUT2D eigenvalue weighted by Gasteiger charge is -2.14. The van der Waals surface area contributed by atoms with Gasteiger partial charge in [0.1, 0.15) is 0 Å². The van der Waals surface area contributed by atoms with Crippen molar-refractivity contribution in [3.8, 4) is 0 Å². The van der Waals surface area contributed by atoms with Crippen LogP contribution in [-0.2, 0) is 22.1 Å². The number of pyridine rings is 1. The van der Waals surface area contributed by atoms with Crippen molar-refractivity contribution >= 4 is 17.6 Å². The molecule has 0 unspecified atom stereocenters. The number of hydrogen-bond donors (Lipinski definition) is 0. The summed E-state index contributed by atoms with van der Waals surface area (Å²) < 4.78 is 67.9. The molecule has 0 N–H and O–H groups in total. The number of nitrogens with zero attached hydrogens (tertiary/aromatic N) is 1. The first-order valence-electron chi connectivity index (χ1n) is 5.36. The molecule has 1 aromatic rings. The molecule has 0 fully saturated rings. The molecule has 0 bridgehead atoms. The summed E-state index contributed by atoms with van der Waals surface area (Å²) in [5.41, 5.74) is -3.10. The Morgan fingerprint density at radius 1 is 1.45 bits per heavy atom. The molecule has 0 aliphatic carbocycles. The SMILES string of the molecule is CCOC(=O)Cc1ncc(C(F)(F)F)c(Cl)c1C(F)F. The summed E-state index contributed by atoms with van der Waals surface area (Å²) in [5, 5.41) is -1.15. The minimum absolute atomic E-state index is 0.0111. The molecule has 3 nitrogen and oxygen atoms in total. The standard InChI is InChI=1S/C11H9ClF5NO2/c1-2-20-7(19)3-6-8(10(13)14)9(12)5(4-18-6)11(15,16)17/h4,10H,2-3H2,1H3. The highest BCUT2D eigenvalue weighted by Gasteiger charge is 2.37. The van der Waals surface area contributed by atoms with E-state index in [1.165, 1.54) is 6.92 Å². The maximum Gasteiger partial charge on any atom is 0.419 e. The van der Waals surface area contributed by atoms with Gasteiger partial charge in [-0.25, -0.2) is 8.78 Å². The van der Waals surface area contributed by atoms with Gasteiger partial charge in [0.2, 0.25) is 0 Å². The number of rotatable bonds is 4. The van der Waals surface area contributed by atoms with Gasteiger partial charge in [-0.3, -0.25) is 9.78 Å². The maximum absolute atomic E-state index is 12.8. The fourth-order valence-corrected chi connectivity index (χ4v) is 1.80. The zero-order valence-corrected chi connectivity index (χ0v) is 10.9. The summed E-state index contributed by atoms with van der Waals surface area (Å²) in [4.78, 5) is 14.5. The zero-order valence-electron chi connectivity index (χ0n) is 10.1. The second-order valence-corrected chi connectivity index (χ2v) is 4.00. The lowest BCUT2D eigenvalue weighted by molar-refractivity contribution is -0.142. The van der Waals surface area contributed by atoms with Crippen LogP contribution in [0.5, 0.6) is 0 Å². The first kappa shape index (κ1) is 16.6. The fraction of sp³-hybridized carbons (Fsp3) is 0.455. The highest BCUT2D eigenvalue weighted by molar-refractivity contribution is 6.32. The van der Waals surface area contributed by atoms with Crippen molar-refractivity contribution in [1.29, 1.82) is 0 Å². The molecular formula is C11H9ClF5NO2. The Morgan fingerprint density at radius 2 is 2.05 bits per heavy atom. The molecule has 0 spiro atoms. The topological polar surface area (TPSA) is 39.2 Å². The summed E-state index contributed by atoms with van der Waals surface area (Å²) in [6, 6.07) is 0. The molecule has 1 rings (SSSR count). The van der Waals surface area contributed by atoms with E-state index in [0.29, 0.717) is 6.20 Å². The van der Waals surface area contributed by atoms with Crippen molar-refractivity contribution in [2.45, 2.75) is 25.9 Å². The van der Waals surface area contributed by atoms with Crippen LogP contribution in [0.3, 0.4) is 0 Å². The van der Waals surface area contributed by atoms with Crippen LogP contribution < -0.4 is 0 Å². The molecule has 0 aliphatic rings. The van der Waals surface area contributed by atoms with E-state index >= 15 is 0 Å². The average molecular weight is 318 g/mol. The molecule has 0 saturated heterocycles. The van der Waals surface area contributed by atoms with E-state index in [9.17, 15) is 26.7 Å². The second-order valence-electron chi connectivity index (χ2n) is 3.63. The number of halogens is 6. The van der Waals surface area contributed by atoms with Gasteiger partial charge in [-0.2, -0.15) is 13.2 Å². The van der Waals surface area contributed by atoms with Gasteiger partial charge in [-0.05, 0) is 6.92 Å². The molecule has 1 heterocycles. The normalized spacial score (nSPS) is 11.8. The van der Waals surface area contributed by atoms with E-state index in [1.807, 2.05) is 0 Å². The zero-order chi connectivity index (χ0) is 15.5. The van der Waals surface area contributed by atoms with Crippen molar-refractivity contribution in [2.75, 3.05) is 6.61 Å². The summed E-state index contributed by atoms with van der Waals surface area (Å²) in [5.74, 6) is -0.877. The lowest BCUT2D eigenvalue weighted by atomic mass is 10.1. The Kier molecular flexibility index (Phi) is 5.27. The van der Waals surface area contributed by atoms with Crippen molar-refractivity contribution in [3.63, 3.8) is 0 Å². The number of alkyl halides is 5. The van der Waals surface area contributed by atoms with Crippen LogP contribution in [0.25, 0.3) is 0 Å². The minimum atomic E-state index is -4.91. The molecule has 0 atom stereocenters. The highest BCUT2D eigenvalue weighted by Crippen LogP contribution is 2.39. The van der Waals surface area contributed by atoms with E-state index in [2.05, 4.69) is 9.72 Å². The van der Waals surface area contributed by atoms with Gasteiger partial charge in [0, 0.05) is 6.20 Å². The summed E-state index contributed by atoms with van der Waals surface area (Å²) in [7, 11) is 0. The van der Waals surface area contributed by atoms with Gasteiger partial charge in [0.05, 0.1) is 34.9 Å². The summed E-state index contributed by atoms with van der Waals surface area (Å²) >= 11 is 5.36. The number of esters is 1. The molecule has 0 saturated carbocycles. The third kappa shape index (κ3) is 3.78. The van der Waals surface area contributed by atoms with Crippen LogP contribution in [0.15, 0.2) is 6.20 Å². The van der Waals surface area contributed by atoms with Crippen molar-refractivity contribution in [1.82, 2.24) is 4.98 Å². The van der Waals surface area contributed by atoms with Crippen LogP contribution in [0.2, 0.25) is 5.02 Å². The van der Waals surface area contributed by atoms with Gasteiger partial charge in [-0.15, -0.1) is 0 Å². The molecule has 1 aromatic heterocycles. The molecule has 9 heteroatoms. The molecule has 0 radical (unpaired) electrons. The average Bonchev–Trinajstić information content (AvgIpc) is 2.26. The largest absolute Gasteiger partial charge is 0.466 e. The summed E-state index contributed by atoms with van der Waals surface area (Å²) in [6.45, 7) is 1.51. The van der Waals surface area contributed by atoms with Crippen LogP contribution in [0.1, 0.15) is 30.2 Å². The minimum Gasteiger partial charge on any atom is -0.466 e. The molecule has 0 amide bonds. The van der Waals surface area contributed by atoms with Gasteiger partial charge in [0.15, 0.2) is 0 Å². The smallest absolute Gasteiger partial charge is 0.419 e. The van der Waals surface area contributed by atoms with E-state index < -0.39 is 46.8 Å². The second kappa shape index (κ2) is 6.34. The van der Waals surface area contributed by atoms with Crippen molar-refractivity contribution in [3.05, 3.63) is 28.0 Å². The third-order valence-corrected chi connectivity index (χ3v) is 2.68. The predicted molar refractivity (Wildman–Crippen MR) is 59.5 cm³/mol. The molecule has 20 heavy (non-hydrogen) atoms. The number of carbonyl (C=O) groups excluding carboxylic acids is 1. The van der Waals surface area contributed by atoms with Crippen molar-refractivity contribution in [2.24, 2.45) is 0 Å². The van der Waals surface area contributed by atoms with Crippen molar-refractivity contribution < 1.29 is 31.5 Å². The Balaban J connectivity index is 3.27. The van der Waals surface area contributed by atoms with Crippen LogP contribution in [0, 0.1) is 0 Å². The van der Waals surface area contributed by atoms with Gasteiger partial charge < -0.3 is 4.74 Å². The molecule has 0 aliphatic heterocycles. The van der Waals surface area contributed by atoms with Gasteiger partial charge >= 0.3 is 12.1 Å². The number of aromatic nitrogens is 1. The first-order chi connectivity index (χ1) is 9.18. The first-order valence-corrected chi connectivity index (χ1v) is 5.74. The van der Waals surface area contributed by atoms with Crippen LogP contribution >= 0.6 is 11.6 Å². The third-order valence-electron chi connectivity index (χ3n) is 2.27. The number of hydrogen-bond acceptors (Lipinski definition) is 3. The lowest BCUT2D eigenvalue weighted by Crippen LogP contribution is -2.15. The Labute approximate surface area is 115 Å². The fourth-order valence-electron chi connectivity index (χ4n) is 1.45. The number of carbonyl (C=O) groups is 1. The monoisotopic (exact) mass is 317 g/mol. The highest BCUT2D eigenvalue weighted by atomic mass is 35.5. The van der Waals surface area contributed by atoms with Gasteiger partial charge in [-0.1, -0.05) is 11.6 Å². The van der Waals surface area contributed by atoms with E-state index in [-0.39, 0.29) is 6.61 Å². The van der Waals surface area contributed by atoms with E-state index in [1.54, 1.807) is 0 Å². The maximum atomic E-state index is 12.8. The number of ether oxygens (including phenoxy) is 1. The Hall–Kier alpha value is -1.44. The van der Waals surface area contributed by atoms with Gasteiger partial charge in [0.25, 0.3) is 6.43 Å². The summed E-state index contributed by atoms with van der Waals surface area (Å²) in [6.07, 6.45) is -8.55. The van der Waals surface area contributed by atoms with Crippen LogP contribution in [-0.4, -0.2) is 17.6 Å². The Morgan fingerprint density at radius 3 is 2.50 bits per heavy atom. The van der Waals surface area contributed by atoms with E-state index in [0.717, 1.165) is 0 Å². The molecule has 112 valence electrons. The molecular weight excluding hydrogens is 309 g/mol. The van der Waals surface area contributed by atoms with Crippen LogP contribution in [0.4, 0.5) is 22.0 Å². The molecule has 0 aromatic carbocycles. The van der Waals surface area contributed by atoms with E-state index in [4.69, 9.17) is 11.6 Å². The predicted octanol–water partition coefficient (Wildman–Crippen LogP) is 3.80. The quantitative estimate of drug-likeness (QED) is 0.626. The Bertz CT molecular complexity index is 504.